The molecule has 1 amide bonds. The SMILES string of the molecule is COc1ccc(NC(=O)CCNc2cccc(Cl)c2Cl)cc1OC. The highest BCUT2D eigenvalue weighted by molar-refractivity contribution is 6.43. The summed E-state index contributed by atoms with van der Waals surface area (Å²) in [5.41, 5.74) is 1.33. The third kappa shape index (κ3) is 4.69. The molecule has 0 aromatic heterocycles. The van der Waals surface area contributed by atoms with Crippen LogP contribution < -0.4 is 20.1 Å². The van der Waals surface area contributed by atoms with Crippen molar-refractivity contribution in [2.75, 3.05) is 31.4 Å². The van der Waals surface area contributed by atoms with E-state index in [-0.39, 0.29) is 12.3 Å². The van der Waals surface area contributed by atoms with E-state index in [4.69, 9.17) is 32.7 Å². The Morgan fingerprint density at radius 2 is 1.83 bits per heavy atom. The van der Waals surface area contributed by atoms with Crippen molar-refractivity contribution < 1.29 is 14.3 Å². The first-order chi connectivity index (χ1) is 11.5. The zero-order valence-electron chi connectivity index (χ0n) is 13.4. The van der Waals surface area contributed by atoms with Crippen molar-refractivity contribution in [3.8, 4) is 11.5 Å². The Hall–Kier alpha value is -2.11. The quantitative estimate of drug-likeness (QED) is 0.757. The van der Waals surface area contributed by atoms with E-state index in [1.165, 1.54) is 0 Å². The molecule has 0 atom stereocenters. The van der Waals surface area contributed by atoms with Gasteiger partial charge in [0.2, 0.25) is 5.91 Å². The summed E-state index contributed by atoms with van der Waals surface area (Å²) < 4.78 is 10.4. The first-order valence-electron chi connectivity index (χ1n) is 7.25. The second-order valence-corrected chi connectivity index (χ2v) is 5.68. The van der Waals surface area contributed by atoms with Crippen molar-refractivity contribution >= 4 is 40.5 Å². The highest BCUT2D eigenvalue weighted by Gasteiger charge is 2.08. The number of nitrogens with one attached hydrogen (secondary N) is 2. The molecule has 5 nitrogen and oxygen atoms in total. The van der Waals surface area contributed by atoms with Gasteiger partial charge < -0.3 is 20.1 Å². The molecule has 0 radical (unpaired) electrons. The van der Waals surface area contributed by atoms with Gasteiger partial charge in [-0.1, -0.05) is 29.3 Å². The summed E-state index contributed by atoms with van der Waals surface area (Å²) >= 11 is 12.0. The van der Waals surface area contributed by atoms with E-state index >= 15 is 0 Å². The van der Waals surface area contributed by atoms with E-state index in [1.807, 2.05) is 0 Å². The number of benzene rings is 2. The molecule has 0 saturated heterocycles. The first kappa shape index (κ1) is 18.2. The van der Waals surface area contributed by atoms with Crippen molar-refractivity contribution in [2.24, 2.45) is 0 Å². The number of rotatable bonds is 7. The zero-order valence-corrected chi connectivity index (χ0v) is 14.9. The standard InChI is InChI=1S/C17H18Cl2N2O3/c1-23-14-7-6-11(10-15(14)24-2)21-16(22)8-9-20-13-5-3-4-12(18)17(13)19/h3-7,10,20H,8-9H2,1-2H3,(H,21,22). The van der Waals surface area contributed by atoms with Crippen LogP contribution in [0.15, 0.2) is 36.4 Å². The van der Waals surface area contributed by atoms with E-state index in [9.17, 15) is 4.79 Å². The average molecular weight is 369 g/mol. The van der Waals surface area contributed by atoms with Gasteiger partial charge >= 0.3 is 0 Å². The molecule has 24 heavy (non-hydrogen) atoms. The summed E-state index contributed by atoms with van der Waals surface area (Å²) in [6.45, 7) is 0.430. The Balaban J connectivity index is 1.88. The molecule has 0 aliphatic heterocycles. The number of ether oxygens (including phenoxy) is 2. The summed E-state index contributed by atoms with van der Waals surface area (Å²) in [6.07, 6.45) is 0.275. The maximum atomic E-state index is 12.0. The molecular formula is C17H18Cl2N2O3. The van der Waals surface area contributed by atoms with Crippen LogP contribution in [-0.4, -0.2) is 26.7 Å². The molecule has 2 aromatic carbocycles. The fraction of sp³-hybridized carbons (Fsp3) is 0.235. The van der Waals surface area contributed by atoms with Crippen molar-refractivity contribution in [3.05, 3.63) is 46.4 Å². The average Bonchev–Trinajstić information content (AvgIpc) is 2.58. The van der Waals surface area contributed by atoms with Crippen LogP contribution >= 0.6 is 23.2 Å². The van der Waals surface area contributed by atoms with Crippen LogP contribution in [0.3, 0.4) is 0 Å². The Morgan fingerprint density at radius 3 is 2.54 bits per heavy atom. The molecule has 0 fully saturated rings. The Morgan fingerprint density at radius 1 is 1.08 bits per heavy atom. The van der Waals surface area contributed by atoms with Crippen molar-refractivity contribution in [1.29, 1.82) is 0 Å². The Kier molecular flexibility index (Phi) is 6.58. The number of amides is 1. The molecule has 0 aliphatic rings. The van der Waals surface area contributed by atoms with Crippen LogP contribution in [0.2, 0.25) is 10.0 Å². The minimum absolute atomic E-state index is 0.132. The van der Waals surface area contributed by atoms with Crippen LogP contribution in [0.5, 0.6) is 11.5 Å². The van der Waals surface area contributed by atoms with E-state index < -0.39 is 0 Å². The second-order valence-electron chi connectivity index (χ2n) is 4.90. The summed E-state index contributed by atoms with van der Waals surface area (Å²) in [6, 6.07) is 10.5. The molecule has 2 aromatic rings. The van der Waals surface area contributed by atoms with Crippen LogP contribution in [0.4, 0.5) is 11.4 Å². The lowest BCUT2D eigenvalue weighted by molar-refractivity contribution is -0.115. The minimum atomic E-state index is -0.132. The van der Waals surface area contributed by atoms with Gasteiger partial charge in [-0.05, 0) is 24.3 Å². The highest BCUT2D eigenvalue weighted by atomic mass is 35.5. The van der Waals surface area contributed by atoms with Gasteiger partial charge in [0.15, 0.2) is 11.5 Å². The van der Waals surface area contributed by atoms with Crippen molar-refractivity contribution in [3.63, 3.8) is 0 Å². The van der Waals surface area contributed by atoms with Gasteiger partial charge in [0.25, 0.3) is 0 Å². The van der Waals surface area contributed by atoms with Gasteiger partial charge in [0.1, 0.15) is 0 Å². The number of hydrogen-bond acceptors (Lipinski definition) is 4. The smallest absolute Gasteiger partial charge is 0.226 e. The van der Waals surface area contributed by atoms with Crippen LogP contribution in [0.1, 0.15) is 6.42 Å². The third-order valence-corrected chi connectivity index (χ3v) is 4.11. The summed E-state index contributed by atoms with van der Waals surface area (Å²) in [5.74, 6) is 1.03. The molecule has 2 rings (SSSR count). The fourth-order valence-corrected chi connectivity index (χ4v) is 2.46. The molecule has 0 unspecified atom stereocenters. The molecule has 0 spiro atoms. The van der Waals surface area contributed by atoms with Gasteiger partial charge in [-0.15, -0.1) is 0 Å². The molecule has 128 valence electrons. The maximum absolute atomic E-state index is 12.0. The monoisotopic (exact) mass is 368 g/mol. The van der Waals surface area contributed by atoms with Gasteiger partial charge in [-0.2, -0.15) is 0 Å². The predicted molar refractivity (Wildman–Crippen MR) is 97.7 cm³/mol. The van der Waals surface area contributed by atoms with Gasteiger partial charge in [0, 0.05) is 24.7 Å². The highest BCUT2D eigenvalue weighted by Crippen LogP contribution is 2.30. The molecule has 0 aliphatic carbocycles. The lowest BCUT2D eigenvalue weighted by atomic mass is 10.2. The summed E-state index contributed by atoms with van der Waals surface area (Å²) in [7, 11) is 3.10. The number of halogens is 2. The molecule has 0 bridgehead atoms. The maximum Gasteiger partial charge on any atom is 0.226 e. The molecular weight excluding hydrogens is 351 g/mol. The minimum Gasteiger partial charge on any atom is -0.493 e. The van der Waals surface area contributed by atoms with E-state index in [0.29, 0.717) is 39.5 Å². The Bertz CT molecular complexity index is 723. The summed E-state index contributed by atoms with van der Waals surface area (Å²) in [4.78, 5) is 12.0. The topological polar surface area (TPSA) is 59.6 Å². The fourth-order valence-electron chi connectivity index (χ4n) is 2.09. The first-order valence-corrected chi connectivity index (χ1v) is 8.00. The van der Waals surface area contributed by atoms with Gasteiger partial charge in [-0.25, -0.2) is 0 Å². The van der Waals surface area contributed by atoms with Crippen LogP contribution in [0, 0.1) is 0 Å². The summed E-state index contributed by atoms with van der Waals surface area (Å²) in [5, 5.41) is 6.81. The largest absolute Gasteiger partial charge is 0.493 e. The van der Waals surface area contributed by atoms with E-state index in [2.05, 4.69) is 10.6 Å². The second kappa shape index (κ2) is 8.66. The Labute approximate surface area is 150 Å². The number of carbonyl (C=O) groups excluding carboxylic acids is 1. The number of methoxy groups -OCH3 is 2. The number of hydrogen-bond donors (Lipinski definition) is 2. The third-order valence-electron chi connectivity index (χ3n) is 3.29. The number of anilines is 2. The van der Waals surface area contributed by atoms with Crippen LogP contribution in [-0.2, 0) is 4.79 Å². The number of carbonyl (C=O) groups is 1. The van der Waals surface area contributed by atoms with Crippen molar-refractivity contribution in [1.82, 2.24) is 0 Å². The molecule has 2 N–H and O–H groups in total. The van der Waals surface area contributed by atoms with E-state index in [1.54, 1.807) is 50.6 Å². The van der Waals surface area contributed by atoms with Crippen molar-refractivity contribution in [2.45, 2.75) is 6.42 Å². The normalized spacial score (nSPS) is 10.2. The lowest BCUT2D eigenvalue weighted by Crippen LogP contribution is -2.16. The predicted octanol–water partition coefficient (Wildman–Crippen LogP) is 4.45. The van der Waals surface area contributed by atoms with Gasteiger partial charge in [0.05, 0.1) is 30.0 Å². The zero-order chi connectivity index (χ0) is 17.5. The lowest BCUT2D eigenvalue weighted by Gasteiger charge is -2.11. The van der Waals surface area contributed by atoms with Gasteiger partial charge in [-0.3, -0.25) is 4.79 Å². The van der Waals surface area contributed by atoms with E-state index in [0.717, 1.165) is 0 Å². The molecule has 0 saturated carbocycles. The molecule has 0 heterocycles. The molecule has 7 heteroatoms. The van der Waals surface area contributed by atoms with Crippen LogP contribution in [0.25, 0.3) is 0 Å².